The first-order valence-corrected chi connectivity index (χ1v) is 12.3. The van der Waals surface area contributed by atoms with Crippen molar-refractivity contribution in [3.63, 3.8) is 0 Å². The number of alkyl carbamates (subject to hydrolysis) is 1. The third kappa shape index (κ3) is 5.54. The first kappa shape index (κ1) is 23.7. The molecule has 0 spiro atoms. The molecule has 0 saturated heterocycles. The van der Waals surface area contributed by atoms with Crippen LogP contribution in [0.5, 0.6) is 0 Å². The third-order valence-corrected chi connectivity index (χ3v) is 7.53. The lowest BCUT2D eigenvalue weighted by atomic mass is 9.91. The molecule has 0 radical (unpaired) electrons. The van der Waals surface area contributed by atoms with E-state index in [0.717, 1.165) is 26.6 Å². The van der Waals surface area contributed by atoms with Crippen LogP contribution in [0, 0.1) is 11.3 Å². The monoisotopic (exact) mass is 476 g/mol. The summed E-state index contributed by atoms with van der Waals surface area (Å²) < 4.78 is 7.33. The van der Waals surface area contributed by atoms with Gasteiger partial charge in [-0.05, 0) is 36.0 Å². The molecule has 2 aromatic heterocycles. The summed E-state index contributed by atoms with van der Waals surface area (Å²) in [6.45, 7) is 2.40. The maximum atomic E-state index is 12.8. The van der Waals surface area contributed by atoms with Crippen LogP contribution in [0.15, 0.2) is 42.6 Å². The number of amides is 1. The van der Waals surface area contributed by atoms with Crippen LogP contribution < -0.4 is 5.32 Å². The SMILES string of the molecule is CC(CC(=O)Cc1sc2c(c1C#N)CCC(OC(=O)NCc1ccnn1C)C2)c1ccccc1. The Morgan fingerprint density at radius 1 is 1.32 bits per heavy atom. The number of aromatic nitrogens is 2. The van der Waals surface area contributed by atoms with Crippen molar-refractivity contribution in [2.24, 2.45) is 7.05 Å². The van der Waals surface area contributed by atoms with E-state index in [2.05, 4.69) is 23.4 Å². The molecular weight excluding hydrogens is 448 g/mol. The number of hydrogen-bond donors (Lipinski definition) is 1. The number of aryl methyl sites for hydroxylation is 1. The average Bonchev–Trinajstić information content (AvgIpc) is 3.39. The molecule has 34 heavy (non-hydrogen) atoms. The molecule has 176 valence electrons. The number of nitrogens with zero attached hydrogens (tertiary/aromatic N) is 3. The standard InChI is InChI=1S/C26H28N4O3S/c1-17(18-6-4-3-5-7-18)12-20(31)13-24-23(15-27)22-9-8-21(14-25(22)34-24)33-26(32)28-16-19-10-11-29-30(19)2/h3-7,10-11,17,21H,8-9,12-14,16H2,1-2H3,(H,28,32). The summed E-state index contributed by atoms with van der Waals surface area (Å²) >= 11 is 1.52. The minimum absolute atomic E-state index is 0.133. The number of ether oxygens (including phenoxy) is 1. The Kier molecular flexibility index (Phi) is 7.43. The second kappa shape index (κ2) is 10.7. The molecule has 2 atom stereocenters. The Morgan fingerprint density at radius 3 is 2.82 bits per heavy atom. The van der Waals surface area contributed by atoms with E-state index >= 15 is 0 Å². The first-order valence-electron chi connectivity index (χ1n) is 11.5. The third-order valence-electron chi connectivity index (χ3n) is 6.27. The van der Waals surface area contributed by atoms with Gasteiger partial charge in [-0.1, -0.05) is 37.3 Å². The van der Waals surface area contributed by atoms with E-state index in [9.17, 15) is 14.9 Å². The van der Waals surface area contributed by atoms with E-state index in [-0.39, 0.29) is 24.2 Å². The Bertz CT molecular complexity index is 1210. The number of nitrogens with one attached hydrogen (secondary N) is 1. The predicted octanol–water partition coefficient (Wildman–Crippen LogP) is 4.44. The lowest BCUT2D eigenvalue weighted by Gasteiger charge is -2.22. The Labute approximate surface area is 203 Å². The van der Waals surface area contributed by atoms with Crippen molar-refractivity contribution in [2.75, 3.05) is 0 Å². The maximum Gasteiger partial charge on any atom is 0.407 e. The van der Waals surface area contributed by atoms with Crippen molar-refractivity contribution in [1.29, 1.82) is 5.26 Å². The molecule has 1 N–H and O–H groups in total. The van der Waals surface area contributed by atoms with Crippen molar-refractivity contribution in [3.05, 3.63) is 74.7 Å². The molecule has 7 nitrogen and oxygen atoms in total. The Hall–Kier alpha value is -3.44. The van der Waals surface area contributed by atoms with Gasteiger partial charge in [0.1, 0.15) is 18.0 Å². The van der Waals surface area contributed by atoms with E-state index in [1.54, 1.807) is 10.9 Å². The molecule has 1 amide bonds. The van der Waals surface area contributed by atoms with Gasteiger partial charge < -0.3 is 10.1 Å². The van der Waals surface area contributed by atoms with Crippen LogP contribution in [0.1, 0.15) is 57.8 Å². The van der Waals surface area contributed by atoms with Crippen LogP contribution in [0.25, 0.3) is 0 Å². The summed E-state index contributed by atoms with van der Waals surface area (Å²) in [5, 5.41) is 16.6. The van der Waals surface area contributed by atoms with E-state index in [1.165, 1.54) is 11.3 Å². The van der Waals surface area contributed by atoms with Gasteiger partial charge in [0.2, 0.25) is 0 Å². The van der Waals surface area contributed by atoms with Gasteiger partial charge in [0, 0.05) is 42.3 Å². The fraction of sp³-hybridized carbons (Fsp3) is 0.385. The van der Waals surface area contributed by atoms with Gasteiger partial charge in [0.15, 0.2) is 0 Å². The molecule has 2 unspecified atom stereocenters. The highest BCUT2D eigenvalue weighted by molar-refractivity contribution is 7.12. The number of nitriles is 1. The fourth-order valence-corrected chi connectivity index (χ4v) is 5.79. The summed E-state index contributed by atoms with van der Waals surface area (Å²) in [7, 11) is 1.82. The number of carbonyl (C=O) groups excluding carboxylic acids is 2. The zero-order valence-corrected chi connectivity index (χ0v) is 20.2. The molecule has 8 heteroatoms. The zero-order valence-electron chi connectivity index (χ0n) is 19.4. The molecule has 1 aliphatic carbocycles. The van der Waals surface area contributed by atoms with Crippen LogP contribution in [0.4, 0.5) is 4.79 Å². The highest BCUT2D eigenvalue weighted by Gasteiger charge is 2.28. The van der Waals surface area contributed by atoms with Crippen LogP contribution in [-0.4, -0.2) is 27.8 Å². The zero-order chi connectivity index (χ0) is 24.1. The minimum atomic E-state index is -0.461. The number of hydrogen-bond acceptors (Lipinski definition) is 6. The lowest BCUT2D eigenvalue weighted by molar-refractivity contribution is -0.118. The van der Waals surface area contributed by atoms with Crippen LogP contribution >= 0.6 is 11.3 Å². The van der Waals surface area contributed by atoms with Gasteiger partial charge in [-0.15, -0.1) is 11.3 Å². The normalized spacial score (nSPS) is 15.7. The molecule has 4 rings (SSSR count). The van der Waals surface area contributed by atoms with Gasteiger partial charge in [-0.2, -0.15) is 10.4 Å². The van der Waals surface area contributed by atoms with Gasteiger partial charge >= 0.3 is 6.09 Å². The number of thiophene rings is 1. The molecule has 0 aliphatic heterocycles. The number of benzene rings is 1. The average molecular weight is 477 g/mol. The number of carbonyl (C=O) groups is 2. The summed E-state index contributed by atoms with van der Waals surface area (Å²) in [5.41, 5.74) is 3.68. The summed E-state index contributed by atoms with van der Waals surface area (Å²) in [4.78, 5) is 26.9. The van der Waals surface area contributed by atoms with Gasteiger partial charge in [-0.25, -0.2) is 4.79 Å². The summed E-state index contributed by atoms with van der Waals surface area (Å²) in [6.07, 6.45) is 3.60. The summed E-state index contributed by atoms with van der Waals surface area (Å²) in [5.74, 6) is 0.269. The Morgan fingerprint density at radius 2 is 2.12 bits per heavy atom. The van der Waals surface area contributed by atoms with Crippen LogP contribution in [-0.2, 0) is 42.4 Å². The summed E-state index contributed by atoms with van der Waals surface area (Å²) in [6, 6.07) is 14.2. The van der Waals surface area contributed by atoms with Crippen molar-refractivity contribution >= 4 is 23.2 Å². The predicted molar refractivity (Wildman–Crippen MR) is 130 cm³/mol. The highest BCUT2D eigenvalue weighted by atomic mass is 32.1. The van der Waals surface area contributed by atoms with E-state index < -0.39 is 6.09 Å². The molecule has 2 heterocycles. The molecule has 1 aliphatic rings. The molecular formula is C26H28N4O3S. The number of Topliss-reactive ketones (excluding diaryl/α,β-unsaturated/α-hetero) is 1. The van der Waals surface area contributed by atoms with Crippen molar-refractivity contribution in [1.82, 2.24) is 15.1 Å². The van der Waals surface area contributed by atoms with Gasteiger partial charge in [0.05, 0.1) is 17.8 Å². The highest BCUT2D eigenvalue weighted by Crippen LogP contribution is 2.36. The topological polar surface area (TPSA) is 97.0 Å². The van der Waals surface area contributed by atoms with Crippen molar-refractivity contribution < 1.29 is 14.3 Å². The van der Waals surface area contributed by atoms with Gasteiger partial charge in [0.25, 0.3) is 0 Å². The fourth-order valence-electron chi connectivity index (χ4n) is 4.39. The van der Waals surface area contributed by atoms with Crippen molar-refractivity contribution in [3.8, 4) is 6.07 Å². The molecule has 0 fully saturated rings. The largest absolute Gasteiger partial charge is 0.446 e. The molecule has 3 aromatic rings. The van der Waals surface area contributed by atoms with Crippen molar-refractivity contribution in [2.45, 2.75) is 57.6 Å². The van der Waals surface area contributed by atoms with Gasteiger partial charge in [-0.3, -0.25) is 9.48 Å². The van der Waals surface area contributed by atoms with Crippen LogP contribution in [0.2, 0.25) is 0 Å². The maximum absolute atomic E-state index is 12.8. The first-order chi connectivity index (χ1) is 16.4. The number of rotatable bonds is 8. The van der Waals surface area contributed by atoms with E-state index in [4.69, 9.17) is 4.74 Å². The molecule has 0 bridgehead atoms. The van der Waals surface area contributed by atoms with E-state index in [0.29, 0.717) is 37.8 Å². The second-order valence-corrected chi connectivity index (χ2v) is 9.90. The second-order valence-electron chi connectivity index (χ2n) is 8.71. The quantitative estimate of drug-likeness (QED) is 0.518. The smallest absolute Gasteiger partial charge is 0.407 e. The van der Waals surface area contributed by atoms with Crippen LogP contribution in [0.3, 0.4) is 0 Å². The molecule has 1 aromatic carbocycles. The number of ketones is 1. The molecule has 0 saturated carbocycles. The number of fused-ring (bicyclic) bond motifs is 1. The Balaban J connectivity index is 1.35. The lowest BCUT2D eigenvalue weighted by Crippen LogP contribution is -2.32. The van der Waals surface area contributed by atoms with E-state index in [1.807, 2.05) is 43.4 Å². The minimum Gasteiger partial charge on any atom is -0.446 e.